The van der Waals surface area contributed by atoms with Gasteiger partial charge in [-0.1, -0.05) is 42.2 Å². The van der Waals surface area contributed by atoms with Gasteiger partial charge in [0.05, 0.1) is 18.9 Å². The minimum Gasteiger partial charge on any atom is -0.489 e. The lowest BCUT2D eigenvalue weighted by atomic mass is 9.95. The van der Waals surface area contributed by atoms with E-state index in [9.17, 15) is 14.7 Å². The molecule has 2 aromatic rings. The second-order valence-electron chi connectivity index (χ2n) is 9.15. The lowest BCUT2D eigenvalue weighted by Crippen LogP contribution is -2.50. The Bertz CT molecular complexity index is 1310. The number of amidine groups is 1. The number of anilines is 1. The van der Waals surface area contributed by atoms with Crippen LogP contribution < -0.4 is 15.0 Å². The molecule has 0 radical (unpaired) electrons. The number of aliphatic imine (C=N–C) groups is 1. The number of fused-ring (bicyclic) bond motifs is 1. The maximum atomic E-state index is 13.2. The predicted octanol–water partition coefficient (Wildman–Crippen LogP) is 1.85. The van der Waals surface area contributed by atoms with Crippen molar-refractivity contribution >= 4 is 23.3 Å². The SMILES string of the molecule is CN1C(=O)[C@H](NC(=O)C2=NC(Cc3ccccc3)N=N2)COc2ccc(C#CC3(O)CCOCC3)cc21. The molecule has 0 aromatic heterocycles. The molecule has 2 N–H and O–H groups in total. The van der Waals surface area contributed by atoms with Crippen molar-refractivity contribution in [1.29, 1.82) is 0 Å². The molecule has 5 rings (SSSR count). The van der Waals surface area contributed by atoms with Gasteiger partial charge >= 0.3 is 0 Å². The number of carbonyl (C=O) groups is 2. The number of nitrogens with one attached hydrogen (secondary N) is 1. The van der Waals surface area contributed by atoms with E-state index in [0.717, 1.165) is 5.56 Å². The number of hydrogen-bond acceptors (Lipinski definition) is 8. The molecule has 0 aliphatic carbocycles. The minimum absolute atomic E-state index is 0.0510. The molecule has 0 bridgehead atoms. The highest BCUT2D eigenvalue weighted by Gasteiger charge is 2.33. The molecule has 3 aliphatic rings. The monoisotopic (exact) mass is 501 g/mol. The summed E-state index contributed by atoms with van der Waals surface area (Å²) >= 11 is 0. The minimum atomic E-state index is -1.08. The molecule has 10 nitrogen and oxygen atoms in total. The molecule has 0 saturated carbocycles. The van der Waals surface area contributed by atoms with Gasteiger partial charge in [-0.15, -0.1) is 5.11 Å². The molecule has 2 amide bonds. The van der Waals surface area contributed by atoms with Gasteiger partial charge in [-0.25, -0.2) is 4.99 Å². The fourth-order valence-electron chi connectivity index (χ4n) is 4.25. The highest BCUT2D eigenvalue weighted by atomic mass is 16.5. The molecule has 1 fully saturated rings. The molecule has 10 heteroatoms. The molecule has 37 heavy (non-hydrogen) atoms. The Labute approximate surface area is 214 Å². The molecule has 1 saturated heterocycles. The quantitative estimate of drug-likeness (QED) is 0.619. The summed E-state index contributed by atoms with van der Waals surface area (Å²) in [5, 5.41) is 21.3. The van der Waals surface area contributed by atoms with Crippen LogP contribution >= 0.6 is 0 Å². The summed E-state index contributed by atoms with van der Waals surface area (Å²) in [5.41, 5.74) is 1.11. The van der Waals surface area contributed by atoms with Crippen LogP contribution in [0.5, 0.6) is 5.75 Å². The second-order valence-corrected chi connectivity index (χ2v) is 9.15. The van der Waals surface area contributed by atoms with Crippen LogP contribution in [0.4, 0.5) is 5.69 Å². The number of likely N-dealkylation sites (N-methyl/N-ethyl adjacent to an activating group) is 1. The third kappa shape index (κ3) is 5.69. The summed E-state index contributed by atoms with van der Waals surface area (Å²) in [6, 6.07) is 14.0. The largest absolute Gasteiger partial charge is 0.489 e. The van der Waals surface area contributed by atoms with Gasteiger partial charge in [-0.2, -0.15) is 5.11 Å². The second kappa shape index (κ2) is 10.5. The fraction of sp³-hybridized carbons (Fsp3) is 0.370. The van der Waals surface area contributed by atoms with E-state index in [1.165, 1.54) is 4.90 Å². The summed E-state index contributed by atoms with van der Waals surface area (Å²) in [6.45, 7) is 0.884. The number of carbonyl (C=O) groups excluding carboxylic acids is 2. The summed E-state index contributed by atoms with van der Waals surface area (Å²) in [6.07, 6.45) is 0.952. The summed E-state index contributed by atoms with van der Waals surface area (Å²) < 4.78 is 11.1. The van der Waals surface area contributed by atoms with Gasteiger partial charge in [0.15, 0.2) is 6.17 Å². The lowest BCUT2D eigenvalue weighted by Gasteiger charge is -2.26. The molecule has 190 valence electrons. The van der Waals surface area contributed by atoms with Crippen LogP contribution in [-0.2, 0) is 20.7 Å². The van der Waals surface area contributed by atoms with E-state index in [1.54, 1.807) is 25.2 Å². The summed E-state index contributed by atoms with van der Waals surface area (Å²) in [4.78, 5) is 31.7. The molecule has 1 unspecified atom stereocenters. The summed E-state index contributed by atoms with van der Waals surface area (Å²) in [7, 11) is 1.61. The van der Waals surface area contributed by atoms with Crippen molar-refractivity contribution < 1.29 is 24.2 Å². The van der Waals surface area contributed by atoms with Gasteiger partial charge < -0.3 is 24.8 Å². The number of benzene rings is 2. The van der Waals surface area contributed by atoms with E-state index in [1.807, 2.05) is 30.3 Å². The van der Waals surface area contributed by atoms with Crippen LogP contribution in [0.3, 0.4) is 0 Å². The zero-order valence-electron chi connectivity index (χ0n) is 20.4. The first-order chi connectivity index (χ1) is 17.9. The van der Waals surface area contributed by atoms with Crippen LogP contribution in [-0.4, -0.2) is 67.4 Å². The van der Waals surface area contributed by atoms with Gasteiger partial charge in [-0.3, -0.25) is 9.59 Å². The maximum Gasteiger partial charge on any atom is 0.291 e. The van der Waals surface area contributed by atoms with Gasteiger partial charge in [0.1, 0.15) is 24.0 Å². The zero-order valence-corrected chi connectivity index (χ0v) is 20.4. The predicted molar refractivity (Wildman–Crippen MR) is 135 cm³/mol. The average Bonchev–Trinajstić information content (AvgIpc) is 3.35. The molecule has 3 aliphatic heterocycles. The maximum absolute atomic E-state index is 13.2. The molecular formula is C27H27N5O5. The van der Waals surface area contributed by atoms with Crippen molar-refractivity contribution in [3.63, 3.8) is 0 Å². The van der Waals surface area contributed by atoms with Crippen LogP contribution in [0, 0.1) is 11.8 Å². The Balaban J connectivity index is 1.25. The topological polar surface area (TPSA) is 125 Å². The standard InChI is InChI=1S/C27H27N5O5/c1-32-21-15-19(9-10-27(35)11-13-36-14-12-27)7-8-22(21)37-17-20(26(32)34)28-25(33)24-29-23(30-31-24)16-18-5-3-2-4-6-18/h2-8,15,20,23,35H,11-14,16-17H2,1H3,(H,28,33)/t20-,23?/m1/s1. The van der Waals surface area contributed by atoms with E-state index in [4.69, 9.17) is 9.47 Å². The number of azo groups is 1. The third-order valence-corrected chi connectivity index (χ3v) is 6.44. The lowest BCUT2D eigenvalue weighted by molar-refractivity contribution is -0.124. The summed E-state index contributed by atoms with van der Waals surface area (Å²) in [5.74, 6) is 5.43. The Morgan fingerprint density at radius 3 is 2.78 bits per heavy atom. The van der Waals surface area contributed by atoms with Crippen molar-refractivity contribution in [3.8, 4) is 17.6 Å². The zero-order chi connectivity index (χ0) is 25.8. The number of amides is 2. The van der Waals surface area contributed by atoms with Gasteiger partial charge in [0.2, 0.25) is 5.84 Å². The van der Waals surface area contributed by atoms with Crippen LogP contribution in [0.2, 0.25) is 0 Å². The van der Waals surface area contributed by atoms with Crippen LogP contribution in [0.1, 0.15) is 24.0 Å². The highest BCUT2D eigenvalue weighted by molar-refractivity contribution is 6.38. The molecule has 0 spiro atoms. The van der Waals surface area contributed by atoms with Gasteiger partial charge in [0, 0.05) is 31.9 Å². The van der Waals surface area contributed by atoms with Gasteiger partial charge in [0.25, 0.3) is 11.8 Å². The number of aliphatic hydroxyl groups is 1. The van der Waals surface area contributed by atoms with Crippen molar-refractivity contribution in [1.82, 2.24) is 5.32 Å². The third-order valence-electron chi connectivity index (χ3n) is 6.44. The van der Waals surface area contributed by atoms with Gasteiger partial charge in [-0.05, 0) is 23.8 Å². The Morgan fingerprint density at radius 2 is 2.00 bits per heavy atom. The number of nitrogens with zero attached hydrogens (tertiary/aromatic N) is 4. The van der Waals surface area contributed by atoms with E-state index in [-0.39, 0.29) is 18.3 Å². The first-order valence-electron chi connectivity index (χ1n) is 12.1. The Kier molecular flexibility index (Phi) is 6.99. The molecule has 2 aromatic carbocycles. The highest BCUT2D eigenvalue weighted by Crippen LogP contribution is 2.31. The molecular weight excluding hydrogens is 474 g/mol. The van der Waals surface area contributed by atoms with E-state index in [2.05, 4.69) is 32.4 Å². The number of ether oxygens (including phenoxy) is 2. The Hall–Kier alpha value is -4.07. The van der Waals surface area contributed by atoms with Crippen molar-refractivity contribution in [3.05, 3.63) is 59.7 Å². The van der Waals surface area contributed by atoms with Crippen molar-refractivity contribution in [2.45, 2.75) is 37.1 Å². The number of hydrogen-bond donors (Lipinski definition) is 2. The van der Waals surface area contributed by atoms with Crippen molar-refractivity contribution in [2.75, 3.05) is 31.8 Å². The van der Waals surface area contributed by atoms with Crippen LogP contribution in [0.25, 0.3) is 0 Å². The van der Waals surface area contributed by atoms with E-state index < -0.39 is 23.7 Å². The number of rotatable bonds is 4. The smallest absolute Gasteiger partial charge is 0.291 e. The van der Waals surface area contributed by atoms with Crippen LogP contribution in [0.15, 0.2) is 63.8 Å². The Morgan fingerprint density at radius 1 is 1.22 bits per heavy atom. The van der Waals surface area contributed by atoms with E-state index >= 15 is 0 Å². The normalized spacial score (nSPS) is 22.2. The molecule has 3 heterocycles. The first-order valence-corrected chi connectivity index (χ1v) is 12.1. The first kappa shape index (κ1) is 24.6. The molecule has 2 atom stereocenters. The van der Waals surface area contributed by atoms with E-state index in [0.29, 0.717) is 49.5 Å². The average molecular weight is 502 g/mol. The van der Waals surface area contributed by atoms with Crippen molar-refractivity contribution in [2.24, 2.45) is 15.2 Å². The fourth-order valence-corrected chi connectivity index (χ4v) is 4.25.